The first-order valence-corrected chi connectivity index (χ1v) is 19.5. The lowest BCUT2D eigenvalue weighted by Gasteiger charge is -2.26. The summed E-state index contributed by atoms with van der Waals surface area (Å²) in [4.78, 5) is 107. The lowest BCUT2D eigenvalue weighted by atomic mass is 10.0. The molecule has 57 heavy (non-hydrogen) atoms. The summed E-state index contributed by atoms with van der Waals surface area (Å²) in [7, 11) is 0. The van der Waals surface area contributed by atoms with E-state index in [1.807, 2.05) is 0 Å². The number of nitrogens with zero attached hydrogens (tertiary/aromatic N) is 1. The molecule has 1 aromatic rings. The molecule has 1 aliphatic heterocycles. The third-order valence-corrected chi connectivity index (χ3v) is 9.13. The van der Waals surface area contributed by atoms with Gasteiger partial charge in [0.25, 0.3) is 0 Å². The molecule has 14 N–H and O–H groups in total. The molecule has 0 bridgehead atoms. The van der Waals surface area contributed by atoms with Gasteiger partial charge in [-0.1, -0.05) is 36.8 Å². The fourth-order valence-corrected chi connectivity index (χ4v) is 5.81. The SMILES string of the molecule is NC(N)=NCCC[C@H]1NC(=O)[C@H](CCCCNC(=O)CCCCCNC(=O)[C@@H](N)CS)NC(=O)[C@@H](Cc2ccccc2)NC(=O)[C@H](CC(=O)O)NC(=O)CNC1=O. The molecule has 0 saturated carbocycles. The summed E-state index contributed by atoms with van der Waals surface area (Å²) in [5.41, 5.74) is 17.1. The molecule has 1 saturated heterocycles. The molecule has 2 rings (SSSR count). The summed E-state index contributed by atoms with van der Waals surface area (Å²) in [6.07, 6.45) is 2.57. The van der Waals surface area contributed by atoms with Crippen LogP contribution in [-0.4, -0.2) is 121 Å². The summed E-state index contributed by atoms with van der Waals surface area (Å²) < 4.78 is 0. The zero-order valence-electron chi connectivity index (χ0n) is 31.9. The monoisotopic (exact) mass is 819 g/mol. The second kappa shape index (κ2) is 26.4. The highest BCUT2D eigenvalue weighted by atomic mass is 32.1. The summed E-state index contributed by atoms with van der Waals surface area (Å²) in [6, 6.07) is 2.68. The van der Waals surface area contributed by atoms with Crippen molar-refractivity contribution in [3.8, 4) is 0 Å². The number of aliphatic imine (C=N–C) groups is 1. The van der Waals surface area contributed by atoms with Crippen molar-refractivity contribution in [2.45, 2.75) is 101 Å². The number of unbranched alkanes of at least 4 members (excludes halogenated alkanes) is 3. The molecule has 20 nitrogen and oxygen atoms in total. The maximum absolute atomic E-state index is 13.9. The van der Waals surface area contributed by atoms with Gasteiger partial charge in [0.1, 0.15) is 24.2 Å². The van der Waals surface area contributed by atoms with Crippen molar-refractivity contribution in [3.63, 3.8) is 0 Å². The summed E-state index contributed by atoms with van der Waals surface area (Å²) >= 11 is 4.00. The molecule has 0 aromatic heterocycles. The van der Waals surface area contributed by atoms with Crippen LogP contribution in [0.3, 0.4) is 0 Å². The number of benzene rings is 1. The highest BCUT2D eigenvalue weighted by Crippen LogP contribution is 2.09. The van der Waals surface area contributed by atoms with Gasteiger partial charge in [0.2, 0.25) is 41.4 Å². The Balaban J connectivity index is 2.19. The van der Waals surface area contributed by atoms with Gasteiger partial charge >= 0.3 is 5.97 Å². The Morgan fingerprint density at radius 2 is 1.37 bits per heavy atom. The standard InChI is InChI=1S/C36H57N11O9S/c37-23(21-57)31(52)41-16-7-2-5-14-28(48)40-15-8-6-12-25-33(54)45-24(13-9-17-42-36(38)39)32(53)43-20-29(49)44-27(19-30(50)51)35(56)47-26(34(55)46-25)18-22-10-3-1-4-11-22/h1,3-4,10-11,23-27,57H,2,5-9,12-21,37H2,(H,40,48)(H,41,52)(H,43,53)(H,44,49)(H,45,54)(H,46,55)(H,47,56)(H,50,51)(H4,38,39,42)/t23-,24+,25-,26+,27-/m0/s1. The Morgan fingerprint density at radius 3 is 2.04 bits per heavy atom. The second-order valence-electron chi connectivity index (χ2n) is 13.5. The van der Waals surface area contributed by atoms with Gasteiger partial charge in [-0.3, -0.25) is 43.3 Å². The minimum atomic E-state index is -1.60. The third kappa shape index (κ3) is 19.8. The Labute approximate surface area is 336 Å². The van der Waals surface area contributed by atoms with Crippen LogP contribution in [0.4, 0.5) is 0 Å². The van der Waals surface area contributed by atoms with Crippen molar-refractivity contribution >= 4 is 65.9 Å². The maximum atomic E-state index is 13.9. The van der Waals surface area contributed by atoms with Crippen molar-refractivity contribution in [1.82, 2.24) is 37.2 Å². The van der Waals surface area contributed by atoms with E-state index in [4.69, 9.17) is 17.2 Å². The molecule has 0 aliphatic carbocycles. The van der Waals surface area contributed by atoms with E-state index in [9.17, 15) is 43.5 Å². The van der Waals surface area contributed by atoms with E-state index in [2.05, 4.69) is 54.8 Å². The third-order valence-electron chi connectivity index (χ3n) is 8.74. The molecule has 7 amide bonds. The molecule has 21 heteroatoms. The molecule has 316 valence electrons. The number of thiol groups is 1. The topological polar surface area (TPSA) is 331 Å². The van der Waals surface area contributed by atoms with Gasteiger partial charge in [-0.25, -0.2) is 0 Å². The number of hydrogen-bond donors (Lipinski definition) is 12. The van der Waals surface area contributed by atoms with Crippen LogP contribution in [0.2, 0.25) is 0 Å². The summed E-state index contributed by atoms with van der Waals surface area (Å²) in [5.74, 6) is -5.85. The normalized spacial score (nSPS) is 19.9. The molecule has 1 aliphatic rings. The highest BCUT2D eigenvalue weighted by molar-refractivity contribution is 7.80. The van der Waals surface area contributed by atoms with E-state index < -0.39 is 78.7 Å². The Hall–Kier alpha value is -5.44. The van der Waals surface area contributed by atoms with Crippen LogP contribution >= 0.6 is 12.6 Å². The van der Waals surface area contributed by atoms with Crippen LogP contribution in [0.15, 0.2) is 35.3 Å². The van der Waals surface area contributed by atoms with Gasteiger partial charge in [0, 0.05) is 38.2 Å². The number of carboxylic acids is 1. The molecule has 0 unspecified atom stereocenters. The molecule has 5 atom stereocenters. The quantitative estimate of drug-likeness (QED) is 0.0256. The van der Waals surface area contributed by atoms with Crippen LogP contribution in [0.5, 0.6) is 0 Å². The number of amides is 7. The smallest absolute Gasteiger partial charge is 0.305 e. The molecule has 1 aromatic carbocycles. The van der Waals surface area contributed by atoms with E-state index in [1.165, 1.54) is 0 Å². The predicted octanol–water partition coefficient (Wildman–Crippen LogP) is -2.95. The Bertz CT molecular complexity index is 1550. The molecule has 1 fully saturated rings. The molecule has 0 radical (unpaired) electrons. The van der Waals surface area contributed by atoms with Gasteiger partial charge in [-0.15, -0.1) is 0 Å². The zero-order valence-corrected chi connectivity index (χ0v) is 32.8. The number of guanidine groups is 1. The first-order chi connectivity index (χ1) is 27.2. The fourth-order valence-electron chi connectivity index (χ4n) is 5.64. The number of hydrogen-bond acceptors (Lipinski definition) is 11. The van der Waals surface area contributed by atoms with Crippen molar-refractivity contribution < 1.29 is 43.5 Å². The van der Waals surface area contributed by atoms with Crippen LogP contribution in [0, 0.1) is 0 Å². The van der Waals surface area contributed by atoms with Crippen molar-refractivity contribution in [1.29, 1.82) is 0 Å². The first-order valence-electron chi connectivity index (χ1n) is 18.9. The highest BCUT2D eigenvalue weighted by Gasteiger charge is 2.33. The van der Waals surface area contributed by atoms with E-state index in [-0.39, 0.29) is 68.7 Å². The zero-order chi connectivity index (χ0) is 42.2. The van der Waals surface area contributed by atoms with Crippen molar-refractivity contribution in [2.24, 2.45) is 22.2 Å². The van der Waals surface area contributed by atoms with Crippen molar-refractivity contribution in [2.75, 3.05) is 31.9 Å². The average molecular weight is 820 g/mol. The van der Waals surface area contributed by atoms with E-state index in [1.54, 1.807) is 30.3 Å². The van der Waals surface area contributed by atoms with Gasteiger partial charge in [0.05, 0.1) is 19.0 Å². The second-order valence-corrected chi connectivity index (χ2v) is 13.9. The number of carbonyl (C=O) groups excluding carboxylic acids is 7. The van der Waals surface area contributed by atoms with Crippen LogP contribution in [0.1, 0.15) is 69.8 Å². The van der Waals surface area contributed by atoms with Crippen LogP contribution in [0.25, 0.3) is 0 Å². The average Bonchev–Trinajstić information content (AvgIpc) is 3.17. The number of nitrogens with one attached hydrogen (secondary N) is 7. The number of rotatable bonds is 21. The Kier molecular flexibility index (Phi) is 22.1. The first kappa shape index (κ1) is 47.7. The lowest BCUT2D eigenvalue weighted by molar-refractivity contribution is -0.141. The number of carbonyl (C=O) groups is 8. The van der Waals surface area contributed by atoms with Gasteiger partial charge in [-0.2, -0.15) is 12.6 Å². The fraction of sp³-hybridized carbons (Fsp3) is 0.583. The number of nitrogens with two attached hydrogens (primary N) is 3. The van der Waals surface area contributed by atoms with E-state index >= 15 is 0 Å². The molecular weight excluding hydrogens is 763 g/mol. The van der Waals surface area contributed by atoms with E-state index in [0.29, 0.717) is 44.2 Å². The lowest BCUT2D eigenvalue weighted by Crippen LogP contribution is -2.58. The van der Waals surface area contributed by atoms with Crippen molar-refractivity contribution in [3.05, 3.63) is 35.9 Å². The minimum Gasteiger partial charge on any atom is -0.481 e. The summed E-state index contributed by atoms with van der Waals surface area (Å²) in [5, 5.41) is 27.6. The van der Waals surface area contributed by atoms with Gasteiger partial charge in [0.15, 0.2) is 5.96 Å². The van der Waals surface area contributed by atoms with Crippen LogP contribution < -0.4 is 54.4 Å². The molecule has 0 spiro atoms. The summed E-state index contributed by atoms with van der Waals surface area (Å²) in [6.45, 7) is 0.210. The largest absolute Gasteiger partial charge is 0.481 e. The van der Waals surface area contributed by atoms with Crippen LogP contribution in [-0.2, 0) is 44.8 Å². The maximum Gasteiger partial charge on any atom is 0.305 e. The van der Waals surface area contributed by atoms with Gasteiger partial charge < -0.3 is 59.5 Å². The van der Waals surface area contributed by atoms with E-state index in [0.717, 1.165) is 0 Å². The number of carboxylic acid groups (broad SMARTS) is 1. The predicted molar refractivity (Wildman–Crippen MR) is 213 cm³/mol. The number of aliphatic carboxylic acids is 1. The minimum absolute atomic E-state index is 0.0415. The van der Waals surface area contributed by atoms with Gasteiger partial charge in [-0.05, 0) is 50.5 Å². The Morgan fingerprint density at radius 1 is 0.772 bits per heavy atom. The molecular formula is C36H57N11O9S. The molecule has 1 heterocycles.